The second kappa shape index (κ2) is 5.08. The molecule has 0 saturated heterocycles. The number of urea groups is 1. The summed E-state index contributed by atoms with van der Waals surface area (Å²) in [6, 6.07) is 4.77. The Balaban J connectivity index is 2.18. The van der Waals surface area contributed by atoms with Crippen molar-refractivity contribution in [1.29, 1.82) is 0 Å². The minimum atomic E-state index is -0.938. The molecule has 0 aromatic heterocycles. The molecule has 96 valence electrons. The highest BCUT2D eigenvalue weighted by Crippen LogP contribution is 2.28. The number of anilines is 1. The molecule has 0 radical (unpaired) electrons. The summed E-state index contributed by atoms with van der Waals surface area (Å²) in [6.45, 7) is 3.25. The van der Waals surface area contributed by atoms with E-state index >= 15 is 0 Å². The summed E-state index contributed by atoms with van der Waals surface area (Å²) in [4.78, 5) is 24.4. The lowest BCUT2D eigenvalue weighted by Crippen LogP contribution is -2.39. The molecule has 0 saturated carbocycles. The highest BCUT2D eigenvalue weighted by atomic mass is 16.4. The predicted octanol–water partition coefficient (Wildman–Crippen LogP) is 1.87. The molecule has 0 atom stereocenters. The molecule has 0 bridgehead atoms. The van der Waals surface area contributed by atoms with Crippen LogP contribution in [0.1, 0.15) is 29.3 Å². The maximum atomic E-state index is 11.9. The van der Waals surface area contributed by atoms with Gasteiger partial charge in [0, 0.05) is 18.8 Å². The zero-order chi connectivity index (χ0) is 13.1. The Morgan fingerprint density at radius 3 is 2.89 bits per heavy atom. The molecule has 2 rings (SSSR count). The normalized spacial score (nSPS) is 13.3. The number of hydrogen-bond acceptors (Lipinski definition) is 2. The smallest absolute Gasteiger partial charge is 0.335 e. The molecule has 1 heterocycles. The molecule has 1 aliphatic rings. The minimum Gasteiger partial charge on any atom is -0.478 e. The van der Waals surface area contributed by atoms with E-state index in [1.807, 2.05) is 6.92 Å². The zero-order valence-electron chi connectivity index (χ0n) is 10.3. The van der Waals surface area contributed by atoms with Crippen LogP contribution < -0.4 is 10.2 Å². The first-order valence-corrected chi connectivity index (χ1v) is 6.05. The molecule has 2 amide bonds. The fraction of sp³-hybridized carbons (Fsp3) is 0.385. The maximum absolute atomic E-state index is 11.9. The standard InChI is InChI=1S/C13H16N2O3/c1-2-6-14-13(18)15-7-5-9-8-10(12(16)17)3-4-11(9)15/h3-4,8H,2,5-7H2,1H3,(H,14,18)(H,16,17). The van der Waals surface area contributed by atoms with Gasteiger partial charge in [0.2, 0.25) is 0 Å². The fourth-order valence-electron chi connectivity index (χ4n) is 2.07. The van der Waals surface area contributed by atoms with E-state index in [2.05, 4.69) is 5.32 Å². The second-order valence-corrected chi connectivity index (χ2v) is 4.28. The van der Waals surface area contributed by atoms with E-state index in [1.54, 1.807) is 17.0 Å². The van der Waals surface area contributed by atoms with Crippen LogP contribution >= 0.6 is 0 Å². The average molecular weight is 248 g/mol. The van der Waals surface area contributed by atoms with Crippen molar-refractivity contribution in [2.75, 3.05) is 18.0 Å². The number of benzene rings is 1. The number of amides is 2. The van der Waals surface area contributed by atoms with Crippen LogP contribution in [0.5, 0.6) is 0 Å². The molecule has 18 heavy (non-hydrogen) atoms. The van der Waals surface area contributed by atoms with Gasteiger partial charge in [0.05, 0.1) is 5.56 Å². The molecule has 0 aliphatic carbocycles. The second-order valence-electron chi connectivity index (χ2n) is 4.28. The summed E-state index contributed by atoms with van der Waals surface area (Å²) in [7, 11) is 0. The Hall–Kier alpha value is -2.04. The van der Waals surface area contributed by atoms with Crippen molar-refractivity contribution in [2.24, 2.45) is 0 Å². The summed E-state index contributed by atoms with van der Waals surface area (Å²) in [5.41, 5.74) is 2.00. The molecule has 2 N–H and O–H groups in total. The fourth-order valence-corrected chi connectivity index (χ4v) is 2.07. The first-order valence-electron chi connectivity index (χ1n) is 6.05. The molecule has 0 fully saturated rings. The average Bonchev–Trinajstić information content (AvgIpc) is 2.78. The van der Waals surface area contributed by atoms with E-state index in [1.165, 1.54) is 6.07 Å². The molecular weight excluding hydrogens is 232 g/mol. The Morgan fingerprint density at radius 1 is 1.44 bits per heavy atom. The van der Waals surface area contributed by atoms with Crippen LogP contribution in [0.4, 0.5) is 10.5 Å². The number of carboxylic acid groups (broad SMARTS) is 1. The Kier molecular flexibility index (Phi) is 3.50. The Labute approximate surface area is 105 Å². The van der Waals surface area contributed by atoms with Gasteiger partial charge in [0.25, 0.3) is 0 Å². The molecule has 0 unspecified atom stereocenters. The molecule has 5 heteroatoms. The van der Waals surface area contributed by atoms with Gasteiger partial charge < -0.3 is 10.4 Å². The quantitative estimate of drug-likeness (QED) is 0.857. The predicted molar refractivity (Wildman–Crippen MR) is 68.1 cm³/mol. The number of fused-ring (bicyclic) bond motifs is 1. The monoisotopic (exact) mass is 248 g/mol. The number of carbonyl (C=O) groups excluding carboxylic acids is 1. The van der Waals surface area contributed by atoms with Crippen LogP contribution in [0.3, 0.4) is 0 Å². The highest BCUT2D eigenvalue weighted by molar-refractivity contribution is 5.95. The van der Waals surface area contributed by atoms with Gasteiger partial charge in [-0.3, -0.25) is 4.90 Å². The van der Waals surface area contributed by atoms with Crippen LogP contribution in [-0.2, 0) is 6.42 Å². The van der Waals surface area contributed by atoms with Gasteiger partial charge in [-0.1, -0.05) is 6.92 Å². The van der Waals surface area contributed by atoms with E-state index in [4.69, 9.17) is 5.11 Å². The van der Waals surface area contributed by atoms with E-state index in [0.717, 1.165) is 17.7 Å². The number of nitrogens with zero attached hydrogens (tertiary/aromatic N) is 1. The zero-order valence-corrected chi connectivity index (χ0v) is 10.3. The van der Waals surface area contributed by atoms with Crippen LogP contribution in [0.15, 0.2) is 18.2 Å². The van der Waals surface area contributed by atoms with E-state index < -0.39 is 5.97 Å². The molecule has 1 aromatic rings. The lowest BCUT2D eigenvalue weighted by atomic mass is 10.1. The maximum Gasteiger partial charge on any atom is 0.335 e. The summed E-state index contributed by atoms with van der Waals surface area (Å²) < 4.78 is 0. The Bertz CT molecular complexity index is 485. The van der Waals surface area contributed by atoms with Crippen LogP contribution in [0.2, 0.25) is 0 Å². The molecule has 5 nitrogen and oxygen atoms in total. The summed E-state index contributed by atoms with van der Waals surface area (Å²) in [6.07, 6.45) is 1.60. The molecule has 0 spiro atoms. The van der Waals surface area contributed by atoms with E-state index in [-0.39, 0.29) is 11.6 Å². The number of nitrogens with one attached hydrogen (secondary N) is 1. The Morgan fingerprint density at radius 2 is 2.22 bits per heavy atom. The van der Waals surface area contributed by atoms with Gasteiger partial charge in [-0.15, -0.1) is 0 Å². The third kappa shape index (κ3) is 2.30. The summed E-state index contributed by atoms with van der Waals surface area (Å²) >= 11 is 0. The van der Waals surface area contributed by atoms with Crippen molar-refractivity contribution in [3.63, 3.8) is 0 Å². The van der Waals surface area contributed by atoms with Crippen LogP contribution in [0.25, 0.3) is 0 Å². The van der Waals surface area contributed by atoms with E-state index in [0.29, 0.717) is 19.5 Å². The first-order chi connectivity index (χ1) is 8.63. The molecule has 1 aliphatic heterocycles. The van der Waals surface area contributed by atoms with Gasteiger partial charge >= 0.3 is 12.0 Å². The number of carbonyl (C=O) groups is 2. The lowest BCUT2D eigenvalue weighted by Gasteiger charge is -2.17. The van der Waals surface area contributed by atoms with Gasteiger partial charge in [0.15, 0.2) is 0 Å². The summed E-state index contributed by atoms with van der Waals surface area (Å²) in [5, 5.41) is 11.7. The van der Waals surface area contributed by atoms with Gasteiger partial charge in [-0.05, 0) is 36.6 Å². The van der Waals surface area contributed by atoms with Crippen LogP contribution in [0, 0.1) is 0 Å². The number of aromatic carboxylic acids is 1. The van der Waals surface area contributed by atoms with Crippen molar-refractivity contribution in [1.82, 2.24) is 5.32 Å². The van der Waals surface area contributed by atoms with Crippen molar-refractivity contribution in [3.05, 3.63) is 29.3 Å². The number of rotatable bonds is 3. The number of carboxylic acids is 1. The molecular formula is C13H16N2O3. The van der Waals surface area contributed by atoms with E-state index in [9.17, 15) is 9.59 Å². The van der Waals surface area contributed by atoms with Gasteiger partial charge in [-0.2, -0.15) is 0 Å². The van der Waals surface area contributed by atoms with Crippen molar-refractivity contribution in [3.8, 4) is 0 Å². The van der Waals surface area contributed by atoms with Crippen molar-refractivity contribution < 1.29 is 14.7 Å². The largest absolute Gasteiger partial charge is 0.478 e. The van der Waals surface area contributed by atoms with Gasteiger partial charge in [-0.25, -0.2) is 9.59 Å². The third-order valence-corrected chi connectivity index (χ3v) is 2.99. The topological polar surface area (TPSA) is 69.6 Å². The summed E-state index contributed by atoms with van der Waals surface area (Å²) in [5.74, 6) is -0.938. The third-order valence-electron chi connectivity index (χ3n) is 2.99. The number of hydrogen-bond donors (Lipinski definition) is 2. The highest BCUT2D eigenvalue weighted by Gasteiger charge is 2.24. The first kappa shape index (κ1) is 12.4. The molecule has 1 aromatic carbocycles. The van der Waals surface area contributed by atoms with Gasteiger partial charge in [0.1, 0.15) is 0 Å². The minimum absolute atomic E-state index is 0.112. The SMILES string of the molecule is CCCNC(=O)N1CCc2cc(C(=O)O)ccc21. The van der Waals surface area contributed by atoms with Crippen LogP contribution in [-0.4, -0.2) is 30.2 Å². The van der Waals surface area contributed by atoms with Crippen molar-refractivity contribution in [2.45, 2.75) is 19.8 Å². The lowest BCUT2D eigenvalue weighted by molar-refractivity contribution is 0.0697. The van der Waals surface area contributed by atoms with Crippen molar-refractivity contribution >= 4 is 17.7 Å².